The number of aryl methyl sites for hydroxylation is 1. The van der Waals surface area contributed by atoms with Crippen LogP contribution in [0.15, 0.2) is 41.3 Å². The Balaban J connectivity index is 2.38. The molecule has 26 heavy (non-hydrogen) atoms. The van der Waals surface area contributed by atoms with E-state index in [1.807, 2.05) is 25.1 Å². The Labute approximate surface area is 153 Å². The average molecular weight is 378 g/mol. The molecule has 0 saturated heterocycles. The number of nitrogens with zero attached hydrogens (tertiary/aromatic N) is 1. The second-order valence-corrected chi connectivity index (χ2v) is 7.45. The Morgan fingerprint density at radius 2 is 1.69 bits per heavy atom. The van der Waals surface area contributed by atoms with Crippen LogP contribution in [0, 0.1) is 6.92 Å². The van der Waals surface area contributed by atoms with Gasteiger partial charge in [0.1, 0.15) is 11.5 Å². The van der Waals surface area contributed by atoms with Gasteiger partial charge >= 0.3 is 0 Å². The summed E-state index contributed by atoms with van der Waals surface area (Å²) in [5.74, 6) is 0.543. The third-order valence-electron chi connectivity index (χ3n) is 3.92. The lowest BCUT2D eigenvalue weighted by molar-refractivity contribution is 0.0780. The Morgan fingerprint density at radius 3 is 2.27 bits per heavy atom. The molecule has 140 valence electrons. The number of ether oxygens (including phenoxy) is 2. The predicted octanol–water partition coefficient (Wildman–Crippen LogP) is 1.93. The fraction of sp³-hybridized carbons (Fsp3) is 0.278. The summed E-state index contributed by atoms with van der Waals surface area (Å²) < 4.78 is 33.7. The zero-order valence-electron chi connectivity index (χ0n) is 15.1. The molecule has 2 N–H and O–H groups in total. The van der Waals surface area contributed by atoms with Crippen molar-refractivity contribution < 1.29 is 22.7 Å². The average Bonchev–Trinajstić information content (AvgIpc) is 2.59. The first-order chi connectivity index (χ1) is 12.2. The minimum atomic E-state index is -3.93. The van der Waals surface area contributed by atoms with Crippen molar-refractivity contribution in [2.45, 2.75) is 18.4 Å². The van der Waals surface area contributed by atoms with E-state index in [4.69, 9.17) is 14.6 Å². The van der Waals surface area contributed by atoms with E-state index < -0.39 is 15.9 Å². The first kappa shape index (κ1) is 19.7. The molecule has 0 radical (unpaired) electrons. The Kier molecular flexibility index (Phi) is 5.89. The quantitative estimate of drug-likeness (QED) is 0.828. The molecular weight excluding hydrogens is 356 g/mol. The van der Waals surface area contributed by atoms with Crippen LogP contribution in [-0.4, -0.2) is 40.5 Å². The van der Waals surface area contributed by atoms with Gasteiger partial charge in [-0.1, -0.05) is 17.7 Å². The van der Waals surface area contributed by atoms with Gasteiger partial charge in [-0.25, -0.2) is 13.6 Å². The van der Waals surface area contributed by atoms with Crippen LogP contribution in [0.1, 0.15) is 21.5 Å². The second kappa shape index (κ2) is 7.76. The van der Waals surface area contributed by atoms with Crippen molar-refractivity contribution in [3.05, 3.63) is 53.1 Å². The molecule has 7 nitrogen and oxygen atoms in total. The van der Waals surface area contributed by atoms with Crippen molar-refractivity contribution in [3.63, 3.8) is 0 Å². The van der Waals surface area contributed by atoms with E-state index in [1.165, 1.54) is 30.2 Å². The molecule has 2 aromatic rings. The summed E-state index contributed by atoms with van der Waals surface area (Å²) in [7, 11) is 0.660. The summed E-state index contributed by atoms with van der Waals surface area (Å²) in [5, 5.41) is 5.16. The van der Waals surface area contributed by atoms with Gasteiger partial charge in [0, 0.05) is 19.2 Å². The van der Waals surface area contributed by atoms with Crippen LogP contribution in [0.25, 0.3) is 0 Å². The standard InChI is InChI=1S/C18H22N2O5S/c1-12-5-7-16(24-3)13(9-12)11-20(2)18(21)15-10-14(26(19,22)23)6-8-17(15)25-4/h5-10H,11H2,1-4H3,(H2,19,22,23). The summed E-state index contributed by atoms with van der Waals surface area (Å²) in [6.45, 7) is 2.23. The number of primary sulfonamides is 1. The zero-order valence-corrected chi connectivity index (χ0v) is 16.0. The lowest BCUT2D eigenvalue weighted by Crippen LogP contribution is -2.27. The molecule has 0 unspecified atom stereocenters. The van der Waals surface area contributed by atoms with Gasteiger partial charge in [-0.3, -0.25) is 4.79 Å². The smallest absolute Gasteiger partial charge is 0.257 e. The maximum absolute atomic E-state index is 12.9. The Morgan fingerprint density at radius 1 is 1.08 bits per heavy atom. The number of carbonyl (C=O) groups excluding carboxylic acids is 1. The molecule has 0 aliphatic heterocycles. The number of carbonyl (C=O) groups is 1. The highest BCUT2D eigenvalue weighted by atomic mass is 32.2. The van der Waals surface area contributed by atoms with Crippen LogP contribution >= 0.6 is 0 Å². The third-order valence-corrected chi connectivity index (χ3v) is 4.83. The van der Waals surface area contributed by atoms with Crippen molar-refractivity contribution in [3.8, 4) is 11.5 Å². The zero-order chi connectivity index (χ0) is 19.5. The lowest BCUT2D eigenvalue weighted by atomic mass is 10.1. The van der Waals surface area contributed by atoms with Gasteiger partial charge in [0.15, 0.2) is 0 Å². The third kappa shape index (κ3) is 4.33. The first-order valence-electron chi connectivity index (χ1n) is 7.77. The number of methoxy groups -OCH3 is 2. The van der Waals surface area contributed by atoms with E-state index in [1.54, 1.807) is 14.2 Å². The van der Waals surface area contributed by atoms with E-state index >= 15 is 0 Å². The van der Waals surface area contributed by atoms with Gasteiger partial charge in [-0.2, -0.15) is 0 Å². The number of benzene rings is 2. The molecule has 0 fully saturated rings. The number of hydrogen-bond acceptors (Lipinski definition) is 5. The van der Waals surface area contributed by atoms with Crippen LogP contribution < -0.4 is 14.6 Å². The fourth-order valence-electron chi connectivity index (χ4n) is 2.60. The van der Waals surface area contributed by atoms with Crippen LogP contribution in [0.2, 0.25) is 0 Å². The van der Waals surface area contributed by atoms with Crippen LogP contribution in [0.3, 0.4) is 0 Å². The van der Waals surface area contributed by atoms with Gasteiger partial charge in [0.25, 0.3) is 5.91 Å². The molecule has 0 atom stereocenters. The minimum absolute atomic E-state index is 0.119. The molecule has 0 spiro atoms. The summed E-state index contributed by atoms with van der Waals surface area (Å²) >= 11 is 0. The normalized spacial score (nSPS) is 11.1. The monoisotopic (exact) mass is 378 g/mol. The summed E-state index contributed by atoms with van der Waals surface area (Å²) in [4.78, 5) is 14.2. The highest BCUT2D eigenvalue weighted by Crippen LogP contribution is 2.25. The van der Waals surface area contributed by atoms with E-state index in [2.05, 4.69) is 0 Å². The van der Waals surface area contributed by atoms with Gasteiger partial charge in [0.05, 0.1) is 24.7 Å². The van der Waals surface area contributed by atoms with Gasteiger partial charge in [0.2, 0.25) is 10.0 Å². The molecule has 2 aromatic carbocycles. The van der Waals surface area contributed by atoms with E-state index in [-0.39, 0.29) is 22.8 Å². The van der Waals surface area contributed by atoms with Crippen molar-refractivity contribution in [2.24, 2.45) is 5.14 Å². The van der Waals surface area contributed by atoms with E-state index in [0.29, 0.717) is 5.75 Å². The number of hydrogen-bond donors (Lipinski definition) is 1. The van der Waals surface area contributed by atoms with E-state index in [0.717, 1.165) is 11.1 Å². The molecule has 8 heteroatoms. The molecule has 0 heterocycles. The number of sulfonamides is 1. The van der Waals surface area contributed by atoms with Crippen LogP contribution in [0.5, 0.6) is 11.5 Å². The summed E-state index contributed by atoms with van der Waals surface area (Å²) in [6.07, 6.45) is 0. The van der Waals surface area contributed by atoms with Crippen LogP contribution in [0.4, 0.5) is 0 Å². The second-order valence-electron chi connectivity index (χ2n) is 5.88. The van der Waals surface area contributed by atoms with E-state index in [9.17, 15) is 13.2 Å². The Hall–Kier alpha value is -2.58. The van der Waals surface area contributed by atoms with Crippen molar-refractivity contribution in [2.75, 3.05) is 21.3 Å². The SMILES string of the molecule is COc1ccc(C)cc1CN(C)C(=O)c1cc(S(N)(=O)=O)ccc1OC. The van der Waals surface area contributed by atoms with Gasteiger partial charge < -0.3 is 14.4 Å². The lowest BCUT2D eigenvalue weighted by Gasteiger charge is -2.20. The molecule has 2 rings (SSSR count). The van der Waals surface area contributed by atoms with Gasteiger partial charge in [-0.15, -0.1) is 0 Å². The predicted molar refractivity (Wildman–Crippen MR) is 97.9 cm³/mol. The molecule has 0 saturated carbocycles. The summed E-state index contributed by atoms with van der Waals surface area (Å²) in [6, 6.07) is 9.62. The van der Waals surface area contributed by atoms with Crippen molar-refractivity contribution >= 4 is 15.9 Å². The molecule has 0 bridgehead atoms. The molecule has 1 amide bonds. The fourth-order valence-corrected chi connectivity index (χ4v) is 3.13. The number of amides is 1. The van der Waals surface area contributed by atoms with Crippen molar-refractivity contribution in [1.29, 1.82) is 0 Å². The molecule has 0 aliphatic carbocycles. The highest BCUT2D eigenvalue weighted by molar-refractivity contribution is 7.89. The summed E-state index contributed by atoms with van der Waals surface area (Å²) in [5.41, 5.74) is 1.99. The number of rotatable bonds is 6. The largest absolute Gasteiger partial charge is 0.496 e. The maximum Gasteiger partial charge on any atom is 0.257 e. The topological polar surface area (TPSA) is 98.9 Å². The molecular formula is C18H22N2O5S. The minimum Gasteiger partial charge on any atom is -0.496 e. The molecule has 0 aromatic heterocycles. The van der Waals surface area contributed by atoms with Gasteiger partial charge in [-0.05, 0) is 31.2 Å². The Bertz CT molecular complexity index is 925. The first-order valence-corrected chi connectivity index (χ1v) is 9.32. The van der Waals surface area contributed by atoms with Crippen molar-refractivity contribution in [1.82, 2.24) is 4.90 Å². The number of nitrogens with two attached hydrogens (primary N) is 1. The maximum atomic E-state index is 12.9. The molecule has 0 aliphatic rings. The highest BCUT2D eigenvalue weighted by Gasteiger charge is 2.21. The van der Waals surface area contributed by atoms with Crippen LogP contribution in [-0.2, 0) is 16.6 Å².